The van der Waals surface area contributed by atoms with Crippen molar-refractivity contribution in [1.82, 2.24) is 9.88 Å². The Bertz CT molecular complexity index is 1590. The molecular weight excluding hydrogens is 534 g/mol. The van der Waals surface area contributed by atoms with Crippen molar-refractivity contribution in [3.8, 4) is 17.2 Å². The zero-order chi connectivity index (χ0) is 29.6. The second-order valence-corrected chi connectivity index (χ2v) is 10.0. The van der Waals surface area contributed by atoms with Crippen molar-refractivity contribution >= 4 is 17.4 Å². The predicted molar refractivity (Wildman–Crippen MR) is 153 cm³/mol. The molecule has 3 aromatic carbocycles. The van der Waals surface area contributed by atoms with E-state index in [4.69, 9.17) is 14.2 Å². The number of ether oxygens (including phenoxy) is 3. The first-order valence-electron chi connectivity index (χ1n) is 13.7. The lowest BCUT2D eigenvalue weighted by Gasteiger charge is -2.28. The number of methoxy groups -OCH3 is 2. The van der Waals surface area contributed by atoms with Crippen LogP contribution in [0.3, 0.4) is 0 Å². The first kappa shape index (κ1) is 28.5. The molecule has 0 radical (unpaired) electrons. The molecule has 4 aromatic rings. The third-order valence-electron chi connectivity index (χ3n) is 7.44. The van der Waals surface area contributed by atoms with Crippen LogP contribution in [-0.2, 0) is 22.7 Å². The third kappa shape index (κ3) is 5.85. The fourth-order valence-electron chi connectivity index (χ4n) is 5.14. The lowest BCUT2D eigenvalue weighted by molar-refractivity contribution is -0.695. The smallest absolute Gasteiger partial charge is 0.295 e. The molecule has 1 unspecified atom stereocenters. The van der Waals surface area contributed by atoms with E-state index in [2.05, 4.69) is 4.98 Å². The number of hydrogen-bond donors (Lipinski definition) is 1. The van der Waals surface area contributed by atoms with Gasteiger partial charge in [-0.15, -0.1) is 0 Å². The van der Waals surface area contributed by atoms with Crippen LogP contribution in [0.15, 0.2) is 91.0 Å². The zero-order valence-electron chi connectivity index (χ0n) is 23.8. The van der Waals surface area contributed by atoms with E-state index in [1.807, 2.05) is 48.3 Å². The quantitative estimate of drug-likeness (QED) is 0.129. The predicted octanol–water partition coefficient (Wildman–Crippen LogP) is 3.52. The maximum atomic E-state index is 13.9. The number of rotatable bonds is 11. The Kier molecular flexibility index (Phi) is 8.57. The van der Waals surface area contributed by atoms with Gasteiger partial charge in [0.25, 0.3) is 5.91 Å². The molecule has 1 amide bonds. The van der Waals surface area contributed by atoms with E-state index in [9.17, 15) is 14.7 Å². The highest BCUT2D eigenvalue weighted by Crippen LogP contribution is 2.41. The van der Waals surface area contributed by atoms with E-state index >= 15 is 0 Å². The number of H-pyrrole nitrogens is 1. The van der Waals surface area contributed by atoms with Crippen LogP contribution < -0.4 is 23.9 Å². The second-order valence-electron chi connectivity index (χ2n) is 10.0. The van der Waals surface area contributed by atoms with Crippen LogP contribution in [0.1, 0.15) is 34.7 Å². The van der Waals surface area contributed by atoms with Gasteiger partial charge >= 0.3 is 0 Å². The Labute approximate surface area is 244 Å². The van der Waals surface area contributed by atoms with Crippen molar-refractivity contribution in [2.24, 2.45) is 0 Å². The van der Waals surface area contributed by atoms with Crippen molar-refractivity contribution in [1.29, 1.82) is 0 Å². The van der Waals surface area contributed by atoms with Gasteiger partial charge in [-0.2, -0.15) is 0 Å². The number of likely N-dealkylation sites (tertiary alicyclic amines) is 1. The fraction of sp³-hybridized carbons (Fsp3) is 0.242. The van der Waals surface area contributed by atoms with Gasteiger partial charge in [-0.25, -0.2) is 4.57 Å². The Balaban J connectivity index is 1.46. The Hall–Kier alpha value is -5.05. The molecule has 1 fully saturated rings. The standard InChI is InChI=1S/C33H33N3O6/c1-22-7-4-5-8-25(22)20-42-26-12-9-23(10-13-26)31(37)29-30(24-11-14-27(40-2)28(19-24)41-3)36(33(39)32(29)38)17-6-16-35-18-15-34-21-35/h4-5,7-15,18-19,21,30H,6,16-17,20H2,1-3H3,(H,37,38). The van der Waals surface area contributed by atoms with Crippen LogP contribution >= 0.6 is 0 Å². The summed E-state index contributed by atoms with van der Waals surface area (Å²) in [5, 5.41) is 13.9. The van der Waals surface area contributed by atoms with E-state index in [1.165, 1.54) is 19.1 Å². The summed E-state index contributed by atoms with van der Waals surface area (Å²) in [6.45, 7) is 3.33. The summed E-state index contributed by atoms with van der Waals surface area (Å²) in [4.78, 5) is 31.2. The molecule has 1 saturated heterocycles. The van der Waals surface area contributed by atoms with Gasteiger partial charge in [0.2, 0.25) is 12.1 Å². The van der Waals surface area contributed by atoms with E-state index < -0.39 is 23.5 Å². The van der Waals surface area contributed by atoms with E-state index in [1.54, 1.807) is 48.7 Å². The van der Waals surface area contributed by atoms with Crippen molar-refractivity contribution in [2.75, 3.05) is 20.8 Å². The number of aromatic nitrogens is 2. The van der Waals surface area contributed by atoms with Gasteiger partial charge in [0, 0.05) is 18.5 Å². The normalized spacial score (nSPS) is 16.1. The molecule has 1 atom stereocenters. The number of amides is 1. The molecule has 0 aliphatic carbocycles. The second kappa shape index (κ2) is 12.6. The van der Waals surface area contributed by atoms with Gasteiger partial charge in [-0.1, -0.05) is 48.2 Å². The summed E-state index contributed by atoms with van der Waals surface area (Å²) in [7, 11) is 3.04. The summed E-state index contributed by atoms with van der Waals surface area (Å²) in [6, 6.07) is 18.9. The highest BCUT2D eigenvalue weighted by molar-refractivity contribution is 6.46. The number of hydrogen-bond acceptors (Lipinski definition) is 6. The molecule has 5 rings (SSSR count). The van der Waals surface area contributed by atoms with Gasteiger partial charge in [-0.3, -0.25) is 14.6 Å². The topological polar surface area (TPSA) is 108 Å². The lowest BCUT2D eigenvalue weighted by atomic mass is 9.95. The van der Waals surface area contributed by atoms with Crippen LogP contribution in [0.5, 0.6) is 17.2 Å². The molecular formula is C33H33N3O6. The maximum absolute atomic E-state index is 13.9. The van der Waals surface area contributed by atoms with Gasteiger partial charge in [0.1, 0.15) is 24.8 Å². The molecule has 9 heteroatoms. The molecule has 216 valence electrons. The summed E-state index contributed by atoms with van der Waals surface area (Å²) in [6.07, 6.45) is 6.09. The lowest BCUT2D eigenvalue weighted by Crippen LogP contribution is -2.36. The highest BCUT2D eigenvalue weighted by Gasteiger charge is 2.44. The van der Waals surface area contributed by atoms with Gasteiger partial charge < -0.3 is 24.2 Å². The largest absolute Gasteiger partial charge is 0.872 e. The average molecular weight is 568 g/mol. The molecule has 9 nitrogen and oxygen atoms in total. The van der Waals surface area contributed by atoms with E-state index in [0.717, 1.165) is 11.1 Å². The van der Waals surface area contributed by atoms with Crippen LogP contribution in [0.4, 0.5) is 0 Å². The summed E-state index contributed by atoms with van der Waals surface area (Å²) in [5.74, 6) is -0.465. The molecule has 1 aliphatic heterocycles. The number of nitrogens with zero attached hydrogens (tertiary/aromatic N) is 2. The number of Topliss-reactive ketones (excluding diaryl/α,β-unsaturated/α-hetero) is 1. The molecule has 0 bridgehead atoms. The molecule has 2 heterocycles. The van der Waals surface area contributed by atoms with Crippen molar-refractivity contribution in [2.45, 2.75) is 32.5 Å². The Morgan fingerprint density at radius 2 is 1.76 bits per heavy atom. The Morgan fingerprint density at radius 1 is 1.00 bits per heavy atom. The van der Waals surface area contributed by atoms with Gasteiger partial charge in [-0.05, 0) is 53.4 Å². The monoisotopic (exact) mass is 567 g/mol. The van der Waals surface area contributed by atoms with Crippen molar-refractivity contribution < 1.29 is 33.5 Å². The fourth-order valence-corrected chi connectivity index (χ4v) is 5.14. The number of imidazole rings is 1. The number of carbonyl (C=O) groups is 2. The van der Waals surface area contributed by atoms with E-state index in [0.29, 0.717) is 47.9 Å². The molecule has 0 spiro atoms. The number of carbonyl (C=O) groups excluding carboxylic acids is 2. The summed E-state index contributed by atoms with van der Waals surface area (Å²) in [5.41, 5.74) is 2.99. The molecule has 42 heavy (non-hydrogen) atoms. The van der Waals surface area contributed by atoms with Crippen LogP contribution in [0.2, 0.25) is 0 Å². The summed E-state index contributed by atoms with van der Waals surface area (Å²) >= 11 is 0. The zero-order valence-corrected chi connectivity index (χ0v) is 23.8. The number of aromatic amines is 1. The van der Waals surface area contributed by atoms with E-state index in [-0.39, 0.29) is 12.1 Å². The molecule has 1 aliphatic rings. The van der Waals surface area contributed by atoms with Gasteiger partial charge in [0.05, 0.1) is 26.8 Å². The van der Waals surface area contributed by atoms with Crippen molar-refractivity contribution in [3.05, 3.63) is 113 Å². The minimum absolute atomic E-state index is 0.0879. The van der Waals surface area contributed by atoms with Crippen LogP contribution in [0.25, 0.3) is 5.76 Å². The van der Waals surface area contributed by atoms with Crippen molar-refractivity contribution in [3.63, 3.8) is 0 Å². The third-order valence-corrected chi connectivity index (χ3v) is 7.44. The minimum atomic E-state index is -0.870. The van der Waals surface area contributed by atoms with Gasteiger partial charge in [0.15, 0.2) is 11.5 Å². The maximum Gasteiger partial charge on any atom is 0.295 e. The SMILES string of the molecule is COc1ccc(C2/C(=C(\[O-])c3ccc(OCc4ccccc4C)cc3)C(=O)C(=O)N2CCC[n+]2cc[nH]c2)cc1OC. The highest BCUT2D eigenvalue weighted by atomic mass is 16.5. The summed E-state index contributed by atoms with van der Waals surface area (Å²) < 4.78 is 18.7. The molecule has 1 N–H and O–H groups in total. The average Bonchev–Trinajstić information content (AvgIpc) is 3.62. The molecule has 1 aromatic heterocycles. The van der Waals surface area contributed by atoms with Crippen LogP contribution in [-0.4, -0.2) is 42.3 Å². The number of nitrogens with one attached hydrogen (secondary N) is 1. The number of ketones is 1. The Morgan fingerprint density at radius 3 is 2.45 bits per heavy atom. The minimum Gasteiger partial charge on any atom is -0.872 e. The molecule has 0 saturated carbocycles. The van der Waals surface area contributed by atoms with Crippen LogP contribution in [0, 0.1) is 6.92 Å². The first-order valence-corrected chi connectivity index (χ1v) is 13.7. The number of benzene rings is 3. The first-order chi connectivity index (χ1) is 20.4. The number of aryl methyl sites for hydroxylation is 2.